The Hall–Kier alpha value is -5.54. The number of pyridine rings is 2. The smallest absolute Gasteiger partial charge is 0.144 e. The van der Waals surface area contributed by atoms with Crippen molar-refractivity contribution in [3.05, 3.63) is 145 Å². The molecule has 0 fully saturated rings. The molecule has 0 bridgehead atoms. The molecule has 0 amide bonds. The third-order valence-electron chi connectivity index (χ3n) is 8.17. The predicted octanol–water partition coefficient (Wildman–Crippen LogP) is 10.5. The molecule has 0 spiro atoms. The number of benzene rings is 5. The molecule has 42 heavy (non-hydrogen) atoms. The van der Waals surface area contributed by atoms with E-state index in [1.54, 1.807) is 0 Å². The first-order valence-electron chi connectivity index (χ1n) is 14.2. The van der Waals surface area contributed by atoms with E-state index < -0.39 is 0 Å². The number of aryl methyl sites for hydroxylation is 1. The van der Waals surface area contributed by atoms with Gasteiger partial charge in [0, 0.05) is 45.9 Å². The third kappa shape index (κ3) is 3.90. The van der Waals surface area contributed by atoms with E-state index >= 15 is 0 Å². The SMILES string of the molecule is Cc1cncc2c(-c3ccc(-c4ccccc4)c4c3oc3c(-c5cc(-c6ccccc6)ccn5)cccc34)cccc12. The molecule has 0 saturated heterocycles. The predicted molar refractivity (Wildman–Crippen MR) is 173 cm³/mol. The van der Waals surface area contributed by atoms with Crippen LogP contribution in [0.2, 0.25) is 0 Å². The van der Waals surface area contributed by atoms with E-state index in [1.165, 1.54) is 5.39 Å². The molecule has 5 aromatic carbocycles. The van der Waals surface area contributed by atoms with E-state index in [4.69, 9.17) is 9.40 Å². The van der Waals surface area contributed by atoms with Gasteiger partial charge in [-0.05, 0) is 70.0 Å². The zero-order chi connectivity index (χ0) is 28.0. The Kier molecular flexibility index (Phi) is 5.68. The summed E-state index contributed by atoms with van der Waals surface area (Å²) in [6, 6.07) is 42.4. The number of rotatable bonds is 4. The van der Waals surface area contributed by atoms with Crippen LogP contribution in [0.25, 0.3) is 77.3 Å². The third-order valence-corrected chi connectivity index (χ3v) is 8.17. The quantitative estimate of drug-likeness (QED) is 0.224. The second kappa shape index (κ2) is 9.83. The average molecular weight is 539 g/mol. The number of hydrogen-bond acceptors (Lipinski definition) is 3. The molecular formula is C39H26N2O. The molecule has 0 aliphatic heterocycles. The fourth-order valence-corrected chi connectivity index (χ4v) is 6.14. The van der Waals surface area contributed by atoms with Crippen LogP contribution in [0.5, 0.6) is 0 Å². The Morgan fingerprint density at radius 2 is 1.21 bits per heavy atom. The van der Waals surface area contributed by atoms with Crippen molar-refractivity contribution in [1.82, 2.24) is 9.97 Å². The number of furan rings is 1. The van der Waals surface area contributed by atoms with Gasteiger partial charge in [0.25, 0.3) is 0 Å². The normalized spacial score (nSPS) is 11.5. The van der Waals surface area contributed by atoms with Crippen LogP contribution in [0.15, 0.2) is 144 Å². The van der Waals surface area contributed by atoms with Gasteiger partial charge in [-0.1, -0.05) is 97.1 Å². The van der Waals surface area contributed by atoms with E-state index in [9.17, 15) is 0 Å². The van der Waals surface area contributed by atoms with Gasteiger partial charge in [-0.15, -0.1) is 0 Å². The summed E-state index contributed by atoms with van der Waals surface area (Å²) >= 11 is 0. The Morgan fingerprint density at radius 3 is 2.02 bits per heavy atom. The van der Waals surface area contributed by atoms with Crippen molar-refractivity contribution in [2.24, 2.45) is 0 Å². The Balaban J connectivity index is 1.44. The standard InChI is InChI=1S/C39H26N2O/c1-25-23-40-24-35-29(25)14-8-15-31(35)32-19-18-30(27-12-6-3-7-13-27)37-34-17-9-16-33(38(34)42-39(32)37)36-22-28(20-21-41-36)26-10-4-2-5-11-26/h2-24H,1H3. The fourth-order valence-electron chi connectivity index (χ4n) is 6.14. The molecule has 0 saturated carbocycles. The summed E-state index contributed by atoms with van der Waals surface area (Å²) in [5, 5.41) is 4.49. The molecule has 3 heterocycles. The van der Waals surface area contributed by atoms with Crippen LogP contribution in [0.3, 0.4) is 0 Å². The highest BCUT2D eigenvalue weighted by molar-refractivity contribution is 6.19. The lowest BCUT2D eigenvalue weighted by molar-refractivity contribution is 0.671. The molecule has 3 nitrogen and oxygen atoms in total. The zero-order valence-electron chi connectivity index (χ0n) is 23.1. The summed E-state index contributed by atoms with van der Waals surface area (Å²) in [6.45, 7) is 2.11. The summed E-state index contributed by atoms with van der Waals surface area (Å²) in [4.78, 5) is 9.33. The highest BCUT2D eigenvalue weighted by Gasteiger charge is 2.21. The van der Waals surface area contributed by atoms with Gasteiger partial charge < -0.3 is 4.42 Å². The maximum atomic E-state index is 6.95. The van der Waals surface area contributed by atoms with Gasteiger partial charge in [0.05, 0.1) is 5.69 Å². The number of para-hydroxylation sites is 1. The van der Waals surface area contributed by atoms with Crippen molar-refractivity contribution in [2.75, 3.05) is 0 Å². The van der Waals surface area contributed by atoms with E-state index in [0.29, 0.717) is 0 Å². The molecule has 0 aliphatic carbocycles. The van der Waals surface area contributed by atoms with Crippen LogP contribution in [-0.4, -0.2) is 9.97 Å². The number of aromatic nitrogens is 2. The monoisotopic (exact) mass is 538 g/mol. The van der Waals surface area contributed by atoms with E-state index in [1.807, 2.05) is 24.7 Å². The van der Waals surface area contributed by atoms with Crippen molar-refractivity contribution in [2.45, 2.75) is 6.92 Å². The summed E-state index contributed by atoms with van der Waals surface area (Å²) in [5.41, 5.74) is 11.5. The largest absolute Gasteiger partial charge is 0.455 e. The summed E-state index contributed by atoms with van der Waals surface area (Å²) < 4.78 is 6.95. The van der Waals surface area contributed by atoms with E-state index in [0.717, 1.165) is 77.5 Å². The minimum atomic E-state index is 0.837. The lowest BCUT2D eigenvalue weighted by Gasteiger charge is -2.11. The lowest BCUT2D eigenvalue weighted by atomic mass is 9.92. The number of fused-ring (bicyclic) bond motifs is 4. The first kappa shape index (κ1) is 24.3. The summed E-state index contributed by atoms with van der Waals surface area (Å²) in [6.07, 6.45) is 5.76. The van der Waals surface area contributed by atoms with Crippen molar-refractivity contribution in [3.8, 4) is 44.6 Å². The van der Waals surface area contributed by atoms with Crippen LogP contribution in [0.1, 0.15) is 5.56 Å². The van der Waals surface area contributed by atoms with Crippen LogP contribution in [0.4, 0.5) is 0 Å². The first-order chi connectivity index (χ1) is 20.8. The van der Waals surface area contributed by atoms with Crippen molar-refractivity contribution in [1.29, 1.82) is 0 Å². The van der Waals surface area contributed by atoms with Gasteiger partial charge in [0.15, 0.2) is 0 Å². The average Bonchev–Trinajstić information content (AvgIpc) is 3.45. The molecule has 3 heteroatoms. The lowest BCUT2D eigenvalue weighted by Crippen LogP contribution is -1.88. The molecule has 0 unspecified atom stereocenters. The molecule has 8 aromatic rings. The van der Waals surface area contributed by atoms with Gasteiger partial charge in [-0.25, -0.2) is 0 Å². The first-order valence-corrected chi connectivity index (χ1v) is 14.2. The molecule has 0 radical (unpaired) electrons. The second-order valence-electron chi connectivity index (χ2n) is 10.7. The van der Waals surface area contributed by atoms with Gasteiger partial charge in [-0.3, -0.25) is 9.97 Å². The molecule has 0 N–H and O–H groups in total. The molecular weight excluding hydrogens is 512 g/mol. The van der Waals surface area contributed by atoms with Gasteiger partial charge in [0.2, 0.25) is 0 Å². The molecule has 198 valence electrons. The van der Waals surface area contributed by atoms with Crippen LogP contribution >= 0.6 is 0 Å². The van der Waals surface area contributed by atoms with Crippen molar-refractivity contribution < 1.29 is 4.42 Å². The Bertz CT molecular complexity index is 2250. The highest BCUT2D eigenvalue weighted by atomic mass is 16.3. The van der Waals surface area contributed by atoms with Gasteiger partial charge >= 0.3 is 0 Å². The second-order valence-corrected chi connectivity index (χ2v) is 10.7. The van der Waals surface area contributed by atoms with Crippen LogP contribution < -0.4 is 0 Å². The topological polar surface area (TPSA) is 38.9 Å². The minimum Gasteiger partial charge on any atom is -0.455 e. The molecule has 3 aromatic heterocycles. The number of nitrogens with zero attached hydrogens (tertiary/aromatic N) is 2. The zero-order valence-corrected chi connectivity index (χ0v) is 23.1. The van der Waals surface area contributed by atoms with E-state index in [2.05, 4.69) is 127 Å². The summed E-state index contributed by atoms with van der Waals surface area (Å²) in [7, 11) is 0. The van der Waals surface area contributed by atoms with Crippen molar-refractivity contribution >= 4 is 32.7 Å². The minimum absolute atomic E-state index is 0.837. The maximum absolute atomic E-state index is 6.95. The van der Waals surface area contributed by atoms with E-state index in [-0.39, 0.29) is 0 Å². The van der Waals surface area contributed by atoms with Crippen molar-refractivity contribution in [3.63, 3.8) is 0 Å². The Labute approximate surface area is 243 Å². The molecule has 8 rings (SSSR count). The van der Waals surface area contributed by atoms with Crippen LogP contribution in [0, 0.1) is 6.92 Å². The summed E-state index contributed by atoms with van der Waals surface area (Å²) in [5.74, 6) is 0. The molecule has 0 atom stereocenters. The number of hydrogen-bond donors (Lipinski definition) is 0. The van der Waals surface area contributed by atoms with Crippen LogP contribution in [-0.2, 0) is 0 Å². The van der Waals surface area contributed by atoms with Gasteiger partial charge in [0.1, 0.15) is 11.2 Å². The fraction of sp³-hybridized carbons (Fsp3) is 0.0256. The maximum Gasteiger partial charge on any atom is 0.144 e. The molecule has 0 aliphatic rings. The van der Waals surface area contributed by atoms with Gasteiger partial charge in [-0.2, -0.15) is 0 Å². The highest BCUT2D eigenvalue weighted by Crippen LogP contribution is 2.45. The Morgan fingerprint density at radius 1 is 0.500 bits per heavy atom.